The first kappa shape index (κ1) is 22.4. The number of hydrogen-bond acceptors (Lipinski definition) is 2. The van der Waals surface area contributed by atoms with E-state index in [9.17, 15) is 0 Å². The molecule has 0 radical (unpaired) electrons. The Hall–Kier alpha value is -0.570. The van der Waals surface area contributed by atoms with E-state index in [1.807, 2.05) is 0 Å². The summed E-state index contributed by atoms with van der Waals surface area (Å²) in [5, 5.41) is 7.42. The van der Waals surface area contributed by atoms with Crippen molar-refractivity contribution in [3.63, 3.8) is 0 Å². The molecule has 1 aliphatic heterocycles. The molecule has 1 aliphatic rings. The SMILES string of the molecule is CC(=O)O.CCCCCCCCCCCCN1CCCC(C)C1. The van der Waals surface area contributed by atoms with Gasteiger partial charge in [0.25, 0.3) is 5.97 Å². The Balaban J connectivity index is 0.00000108. The molecule has 0 saturated carbocycles. The Kier molecular flexibility index (Phi) is 15.9. The van der Waals surface area contributed by atoms with Crippen LogP contribution >= 0.6 is 0 Å². The van der Waals surface area contributed by atoms with Crippen LogP contribution in [0.15, 0.2) is 0 Å². The van der Waals surface area contributed by atoms with Gasteiger partial charge in [0.05, 0.1) is 0 Å². The molecule has 1 unspecified atom stereocenters. The van der Waals surface area contributed by atoms with Gasteiger partial charge >= 0.3 is 0 Å². The van der Waals surface area contributed by atoms with Gasteiger partial charge in [-0.25, -0.2) is 0 Å². The third kappa shape index (κ3) is 17.6. The number of carbonyl (C=O) groups is 1. The molecular weight excluding hydrogens is 286 g/mol. The monoisotopic (exact) mass is 327 g/mol. The number of carboxylic acids is 1. The standard InChI is InChI=1S/C18H37N.C2H4O2/c1-3-4-5-6-7-8-9-10-11-12-15-19-16-13-14-18(2)17-19;1-2(3)4/h18H,3-17H2,1-2H3;1H3,(H,3,4). The first-order chi connectivity index (χ1) is 11.1. The van der Waals surface area contributed by atoms with Gasteiger partial charge in [-0.05, 0) is 38.3 Å². The van der Waals surface area contributed by atoms with Crippen LogP contribution in [0.2, 0.25) is 0 Å². The highest BCUT2D eigenvalue weighted by atomic mass is 16.4. The lowest BCUT2D eigenvalue weighted by atomic mass is 10.00. The van der Waals surface area contributed by atoms with Crippen LogP contribution in [0, 0.1) is 5.92 Å². The number of hydrogen-bond donors (Lipinski definition) is 1. The van der Waals surface area contributed by atoms with Gasteiger partial charge in [-0.1, -0.05) is 71.6 Å². The summed E-state index contributed by atoms with van der Waals surface area (Å²) in [7, 11) is 0. The molecule has 0 aromatic carbocycles. The zero-order valence-electron chi connectivity index (χ0n) is 16.0. The van der Waals surface area contributed by atoms with Gasteiger partial charge < -0.3 is 10.0 Å². The van der Waals surface area contributed by atoms with E-state index in [0.717, 1.165) is 12.8 Å². The largest absolute Gasteiger partial charge is 0.481 e. The normalized spacial score (nSPS) is 18.3. The summed E-state index contributed by atoms with van der Waals surface area (Å²) in [5.74, 6) is 0.108. The predicted molar refractivity (Wildman–Crippen MR) is 100.0 cm³/mol. The number of likely N-dealkylation sites (tertiary alicyclic amines) is 1. The number of piperidine rings is 1. The Bertz CT molecular complexity index is 264. The van der Waals surface area contributed by atoms with Crippen molar-refractivity contribution in [3.05, 3.63) is 0 Å². The zero-order valence-corrected chi connectivity index (χ0v) is 16.0. The second kappa shape index (κ2) is 16.3. The first-order valence-electron chi connectivity index (χ1n) is 9.98. The fraction of sp³-hybridized carbons (Fsp3) is 0.950. The molecule has 0 aliphatic carbocycles. The molecule has 3 heteroatoms. The fourth-order valence-electron chi connectivity index (χ4n) is 3.31. The highest BCUT2D eigenvalue weighted by Gasteiger charge is 2.14. The molecule has 0 aromatic rings. The van der Waals surface area contributed by atoms with Crippen molar-refractivity contribution in [1.82, 2.24) is 4.90 Å². The lowest BCUT2D eigenvalue weighted by Crippen LogP contribution is -2.34. The number of unbranched alkanes of at least 4 members (excludes halogenated alkanes) is 9. The van der Waals surface area contributed by atoms with Crippen LogP contribution in [-0.2, 0) is 4.79 Å². The molecule has 0 bridgehead atoms. The van der Waals surface area contributed by atoms with E-state index < -0.39 is 5.97 Å². The van der Waals surface area contributed by atoms with Crippen LogP contribution < -0.4 is 0 Å². The quantitative estimate of drug-likeness (QED) is 0.493. The van der Waals surface area contributed by atoms with E-state index in [0.29, 0.717) is 0 Å². The summed E-state index contributed by atoms with van der Waals surface area (Å²) in [6.45, 7) is 9.87. The molecule has 1 atom stereocenters. The fourth-order valence-corrected chi connectivity index (χ4v) is 3.31. The van der Waals surface area contributed by atoms with Crippen molar-refractivity contribution in [2.45, 2.75) is 97.8 Å². The molecule has 1 rings (SSSR count). The Morgan fingerprint density at radius 1 is 1.00 bits per heavy atom. The van der Waals surface area contributed by atoms with Crippen LogP contribution in [0.4, 0.5) is 0 Å². The molecule has 1 N–H and O–H groups in total. The molecule has 1 heterocycles. The van der Waals surface area contributed by atoms with Crippen LogP contribution in [0.5, 0.6) is 0 Å². The van der Waals surface area contributed by atoms with Crippen molar-refractivity contribution in [3.8, 4) is 0 Å². The maximum atomic E-state index is 9.00. The molecular formula is C20H41NO2. The van der Waals surface area contributed by atoms with Crippen LogP contribution in [0.1, 0.15) is 97.8 Å². The summed E-state index contributed by atoms with van der Waals surface area (Å²) in [6, 6.07) is 0. The number of rotatable bonds is 11. The summed E-state index contributed by atoms with van der Waals surface area (Å²) in [5.41, 5.74) is 0. The predicted octanol–water partition coefficient (Wildman–Crippen LogP) is 5.73. The lowest BCUT2D eigenvalue weighted by Gasteiger charge is -2.30. The van der Waals surface area contributed by atoms with Gasteiger partial charge in [0, 0.05) is 13.5 Å². The Morgan fingerprint density at radius 2 is 1.48 bits per heavy atom. The maximum Gasteiger partial charge on any atom is 0.300 e. The van der Waals surface area contributed by atoms with Gasteiger partial charge in [0.15, 0.2) is 0 Å². The van der Waals surface area contributed by atoms with Crippen LogP contribution in [-0.4, -0.2) is 35.6 Å². The Morgan fingerprint density at radius 3 is 1.96 bits per heavy atom. The van der Waals surface area contributed by atoms with E-state index in [2.05, 4.69) is 18.7 Å². The average Bonchev–Trinajstić information content (AvgIpc) is 2.49. The molecule has 0 spiro atoms. The summed E-state index contributed by atoms with van der Waals surface area (Å²) < 4.78 is 0. The Labute approximate surface area is 144 Å². The van der Waals surface area contributed by atoms with E-state index >= 15 is 0 Å². The average molecular weight is 328 g/mol. The third-order valence-electron chi connectivity index (χ3n) is 4.57. The minimum Gasteiger partial charge on any atom is -0.481 e. The molecule has 1 saturated heterocycles. The van der Waals surface area contributed by atoms with Crippen LogP contribution in [0.3, 0.4) is 0 Å². The van der Waals surface area contributed by atoms with E-state index in [1.165, 1.54) is 96.7 Å². The summed E-state index contributed by atoms with van der Waals surface area (Å²) in [6.07, 6.45) is 17.4. The van der Waals surface area contributed by atoms with Crippen molar-refractivity contribution in [2.24, 2.45) is 5.92 Å². The molecule has 0 amide bonds. The summed E-state index contributed by atoms with van der Waals surface area (Å²) >= 11 is 0. The van der Waals surface area contributed by atoms with E-state index in [-0.39, 0.29) is 0 Å². The highest BCUT2D eigenvalue weighted by Crippen LogP contribution is 2.16. The number of nitrogens with zero attached hydrogens (tertiary/aromatic N) is 1. The lowest BCUT2D eigenvalue weighted by molar-refractivity contribution is -0.134. The van der Waals surface area contributed by atoms with E-state index in [1.54, 1.807) is 0 Å². The van der Waals surface area contributed by atoms with Gasteiger partial charge in [-0.2, -0.15) is 0 Å². The van der Waals surface area contributed by atoms with Crippen molar-refractivity contribution >= 4 is 5.97 Å². The summed E-state index contributed by atoms with van der Waals surface area (Å²) in [4.78, 5) is 11.7. The van der Waals surface area contributed by atoms with Gasteiger partial charge in [0.1, 0.15) is 0 Å². The second-order valence-corrected chi connectivity index (χ2v) is 7.25. The van der Waals surface area contributed by atoms with Crippen molar-refractivity contribution in [1.29, 1.82) is 0 Å². The van der Waals surface area contributed by atoms with Gasteiger partial charge in [0.2, 0.25) is 0 Å². The first-order valence-corrected chi connectivity index (χ1v) is 9.98. The second-order valence-electron chi connectivity index (χ2n) is 7.25. The smallest absolute Gasteiger partial charge is 0.300 e. The number of aliphatic carboxylic acids is 1. The van der Waals surface area contributed by atoms with Crippen molar-refractivity contribution in [2.75, 3.05) is 19.6 Å². The topological polar surface area (TPSA) is 40.5 Å². The third-order valence-corrected chi connectivity index (χ3v) is 4.57. The zero-order chi connectivity index (χ0) is 17.3. The molecule has 23 heavy (non-hydrogen) atoms. The minimum atomic E-state index is -0.833. The number of carboxylic acid groups (broad SMARTS) is 1. The van der Waals surface area contributed by atoms with Crippen molar-refractivity contribution < 1.29 is 9.90 Å². The van der Waals surface area contributed by atoms with E-state index in [4.69, 9.17) is 9.90 Å². The molecule has 0 aromatic heterocycles. The van der Waals surface area contributed by atoms with Crippen LogP contribution in [0.25, 0.3) is 0 Å². The minimum absolute atomic E-state index is 0.833. The maximum absolute atomic E-state index is 9.00. The highest BCUT2D eigenvalue weighted by molar-refractivity contribution is 5.62. The molecule has 3 nitrogen and oxygen atoms in total. The molecule has 138 valence electrons. The van der Waals surface area contributed by atoms with Gasteiger partial charge in [-0.3, -0.25) is 4.79 Å². The molecule has 1 fully saturated rings. The van der Waals surface area contributed by atoms with Gasteiger partial charge in [-0.15, -0.1) is 0 Å².